The smallest absolute Gasteiger partial charge is 0.161 e. The van der Waals surface area contributed by atoms with Crippen LogP contribution in [0, 0.1) is 0 Å². The van der Waals surface area contributed by atoms with E-state index in [1.165, 1.54) is 0 Å². The second kappa shape index (κ2) is 3.54. The normalized spacial score (nSPS) is 11.3. The highest BCUT2D eigenvalue weighted by molar-refractivity contribution is 7.38. The van der Waals surface area contributed by atoms with Crippen LogP contribution in [0.1, 0.15) is 0 Å². The molecule has 0 aromatic rings. The summed E-state index contributed by atoms with van der Waals surface area (Å²) in [5.41, 5.74) is 0. The van der Waals surface area contributed by atoms with Crippen molar-refractivity contribution in [1.82, 2.24) is 0 Å². The van der Waals surface area contributed by atoms with E-state index in [2.05, 4.69) is 0 Å². The summed E-state index contributed by atoms with van der Waals surface area (Å²) < 4.78 is 9.66. The van der Waals surface area contributed by atoms with Gasteiger partial charge in [0.15, 0.2) is 6.16 Å². The molecule has 0 fully saturated rings. The molecule has 0 heterocycles. The Morgan fingerprint density at radius 3 is 2.33 bits per heavy atom. The standard InChI is InChI=1S/C2H4ClO2P/c3-1-2-6(4)5/h1-2H2/p+1. The third-order valence-corrected chi connectivity index (χ3v) is 1.33. The maximum absolute atomic E-state index is 9.66. The molecule has 6 heavy (non-hydrogen) atoms. The summed E-state index contributed by atoms with van der Waals surface area (Å²) >= 11 is 5.05. The maximum Gasteiger partial charge on any atom is 0.506 e. The lowest BCUT2D eigenvalue weighted by Crippen LogP contribution is -1.73. The van der Waals surface area contributed by atoms with Crippen molar-refractivity contribution in [3.05, 3.63) is 0 Å². The summed E-state index contributed by atoms with van der Waals surface area (Å²) in [7, 11) is -1.98. The minimum atomic E-state index is -1.98. The number of rotatable bonds is 2. The maximum atomic E-state index is 9.66. The molecule has 0 aliphatic rings. The quantitative estimate of drug-likeness (QED) is 0.443. The van der Waals surface area contributed by atoms with Gasteiger partial charge in [-0.15, -0.1) is 11.6 Å². The van der Waals surface area contributed by atoms with E-state index in [0.29, 0.717) is 0 Å². The highest BCUT2D eigenvalue weighted by Gasteiger charge is 2.04. The highest BCUT2D eigenvalue weighted by atomic mass is 35.5. The van der Waals surface area contributed by atoms with Gasteiger partial charge in [-0.3, -0.25) is 0 Å². The molecule has 0 bridgehead atoms. The zero-order chi connectivity index (χ0) is 4.99. The van der Waals surface area contributed by atoms with Crippen LogP contribution >= 0.6 is 19.6 Å². The van der Waals surface area contributed by atoms with E-state index in [1.807, 2.05) is 0 Å². The summed E-state index contributed by atoms with van der Waals surface area (Å²) in [6.45, 7) is 0. The Morgan fingerprint density at radius 1 is 1.83 bits per heavy atom. The Kier molecular flexibility index (Phi) is 3.74. The molecular weight excluding hydrogens is 122 g/mol. The van der Waals surface area contributed by atoms with Crippen LogP contribution in [0.2, 0.25) is 0 Å². The summed E-state index contributed by atoms with van der Waals surface area (Å²) in [4.78, 5) is 7.98. The second-order valence-corrected chi connectivity index (χ2v) is 2.29. The van der Waals surface area contributed by atoms with E-state index in [-0.39, 0.29) is 12.0 Å². The number of alkyl halides is 1. The number of hydrogen-bond acceptors (Lipinski definition) is 1. The molecule has 1 N–H and O–H groups in total. The van der Waals surface area contributed by atoms with E-state index >= 15 is 0 Å². The summed E-state index contributed by atoms with van der Waals surface area (Å²) in [6.07, 6.45) is 0.205. The number of hydrogen-bond donors (Lipinski definition) is 1. The van der Waals surface area contributed by atoms with Crippen molar-refractivity contribution in [3.8, 4) is 0 Å². The Balaban J connectivity index is 2.83. The van der Waals surface area contributed by atoms with Crippen molar-refractivity contribution in [1.29, 1.82) is 0 Å². The highest BCUT2D eigenvalue weighted by Crippen LogP contribution is 2.10. The molecule has 0 aromatic carbocycles. The van der Waals surface area contributed by atoms with Crippen molar-refractivity contribution in [2.75, 3.05) is 12.0 Å². The van der Waals surface area contributed by atoms with Gasteiger partial charge in [0.25, 0.3) is 0 Å². The first-order valence-electron chi connectivity index (χ1n) is 1.47. The van der Waals surface area contributed by atoms with E-state index in [1.54, 1.807) is 0 Å². The largest absolute Gasteiger partial charge is 0.506 e. The molecule has 0 aliphatic carbocycles. The van der Waals surface area contributed by atoms with Crippen molar-refractivity contribution in [2.24, 2.45) is 0 Å². The lowest BCUT2D eigenvalue weighted by atomic mass is 11.0. The fourth-order valence-electron chi connectivity index (χ4n) is 0.0723. The van der Waals surface area contributed by atoms with Gasteiger partial charge in [0.05, 0.1) is 5.88 Å². The molecule has 2 nitrogen and oxygen atoms in total. The predicted octanol–water partition coefficient (Wildman–Crippen LogP) is 0.960. The zero-order valence-corrected chi connectivity index (χ0v) is 4.75. The van der Waals surface area contributed by atoms with Crippen LogP contribution in [0.3, 0.4) is 0 Å². The predicted molar refractivity (Wildman–Crippen MR) is 25.4 cm³/mol. The third kappa shape index (κ3) is 4.35. The van der Waals surface area contributed by atoms with Crippen LogP contribution in [0.25, 0.3) is 0 Å². The lowest BCUT2D eigenvalue weighted by Gasteiger charge is -1.63. The molecule has 0 saturated carbocycles. The zero-order valence-electron chi connectivity index (χ0n) is 3.09. The van der Waals surface area contributed by atoms with Gasteiger partial charge in [-0.25, -0.2) is 0 Å². The fourth-order valence-corrected chi connectivity index (χ4v) is 0.651. The molecule has 0 aromatic heterocycles. The average molecular weight is 127 g/mol. The molecule has 1 unspecified atom stereocenters. The molecule has 0 aliphatic heterocycles. The van der Waals surface area contributed by atoms with Gasteiger partial charge in [0, 0.05) is 0 Å². The third-order valence-electron chi connectivity index (χ3n) is 0.276. The van der Waals surface area contributed by atoms with Crippen molar-refractivity contribution < 1.29 is 9.46 Å². The van der Waals surface area contributed by atoms with Crippen LogP contribution in [0.15, 0.2) is 0 Å². The Morgan fingerprint density at radius 2 is 2.33 bits per heavy atom. The van der Waals surface area contributed by atoms with Crippen LogP contribution in [-0.4, -0.2) is 16.9 Å². The molecule has 36 valence electrons. The molecule has 0 rings (SSSR count). The van der Waals surface area contributed by atoms with E-state index in [0.717, 1.165) is 0 Å². The van der Waals surface area contributed by atoms with Gasteiger partial charge in [0.2, 0.25) is 0 Å². The molecule has 0 saturated heterocycles. The molecule has 4 heteroatoms. The van der Waals surface area contributed by atoms with Crippen LogP contribution < -0.4 is 0 Å². The first-order chi connectivity index (χ1) is 2.77. The van der Waals surface area contributed by atoms with E-state index in [4.69, 9.17) is 16.5 Å². The van der Waals surface area contributed by atoms with Gasteiger partial charge in [-0.05, 0) is 4.57 Å². The van der Waals surface area contributed by atoms with E-state index in [9.17, 15) is 4.57 Å². The van der Waals surface area contributed by atoms with Crippen LogP contribution in [0.4, 0.5) is 0 Å². The molecular formula is C2H5ClO2P+. The number of halogens is 1. The summed E-state index contributed by atoms with van der Waals surface area (Å²) in [5.74, 6) is 0.270. The van der Waals surface area contributed by atoms with Gasteiger partial charge in [-0.2, -0.15) is 4.89 Å². The first-order valence-corrected chi connectivity index (χ1v) is 3.40. The topological polar surface area (TPSA) is 37.3 Å². The minimum Gasteiger partial charge on any atom is -0.161 e. The SMILES string of the molecule is O=[P+](O)CCCl. The summed E-state index contributed by atoms with van der Waals surface area (Å²) in [6, 6.07) is 0. The van der Waals surface area contributed by atoms with Gasteiger partial charge < -0.3 is 0 Å². The lowest BCUT2D eigenvalue weighted by molar-refractivity contribution is 0.504. The monoisotopic (exact) mass is 127 g/mol. The minimum absolute atomic E-state index is 0.205. The van der Waals surface area contributed by atoms with Crippen LogP contribution in [0.5, 0.6) is 0 Å². The Bertz CT molecular complexity index is 55.5. The Labute approximate surface area is 42.0 Å². The van der Waals surface area contributed by atoms with Crippen LogP contribution in [-0.2, 0) is 4.57 Å². The molecule has 0 amide bonds. The molecule has 0 radical (unpaired) electrons. The van der Waals surface area contributed by atoms with Crippen molar-refractivity contribution in [3.63, 3.8) is 0 Å². The van der Waals surface area contributed by atoms with Crippen molar-refractivity contribution in [2.45, 2.75) is 0 Å². The van der Waals surface area contributed by atoms with Gasteiger partial charge >= 0.3 is 8.03 Å². The Hall–Kier alpha value is 0.350. The van der Waals surface area contributed by atoms with Crippen molar-refractivity contribution >= 4 is 19.6 Å². The van der Waals surface area contributed by atoms with E-state index < -0.39 is 8.03 Å². The second-order valence-electron chi connectivity index (χ2n) is 0.765. The molecule has 1 atom stereocenters. The molecule has 0 spiro atoms. The summed E-state index contributed by atoms with van der Waals surface area (Å²) in [5, 5.41) is 0. The average Bonchev–Trinajstić information content (AvgIpc) is 1.35. The fraction of sp³-hybridized carbons (Fsp3) is 1.00. The first kappa shape index (κ1) is 6.35. The van der Waals surface area contributed by atoms with Gasteiger partial charge in [0.1, 0.15) is 0 Å². The van der Waals surface area contributed by atoms with Gasteiger partial charge in [-0.1, -0.05) is 0 Å².